The number of rotatable bonds is 6. The van der Waals surface area contributed by atoms with E-state index < -0.39 is 0 Å². The molecule has 1 aromatic carbocycles. The number of carbonyl (C=O) groups excluding carboxylic acids is 3. The van der Waals surface area contributed by atoms with E-state index in [0.717, 1.165) is 10.5 Å². The van der Waals surface area contributed by atoms with E-state index in [9.17, 15) is 14.4 Å². The minimum atomic E-state index is -0.273. The summed E-state index contributed by atoms with van der Waals surface area (Å²) >= 11 is 0. The monoisotopic (exact) mass is 325 g/mol. The second-order valence-electron chi connectivity index (χ2n) is 5.01. The summed E-state index contributed by atoms with van der Waals surface area (Å²) in [7, 11) is 0. The molecule has 1 aliphatic rings. The molecule has 1 aromatic rings. The van der Waals surface area contributed by atoms with Crippen LogP contribution >= 0.6 is 12.4 Å². The van der Waals surface area contributed by atoms with Crippen LogP contribution in [0, 0.1) is 0 Å². The third-order valence-corrected chi connectivity index (χ3v) is 3.46. The molecule has 2 rings (SSSR count). The summed E-state index contributed by atoms with van der Waals surface area (Å²) in [4.78, 5) is 35.7. The number of nitrogens with zero attached hydrogens (tertiary/aromatic N) is 1. The summed E-state index contributed by atoms with van der Waals surface area (Å²) in [5.41, 5.74) is 6.92. The van der Waals surface area contributed by atoms with E-state index in [0.29, 0.717) is 6.54 Å². The van der Waals surface area contributed by atoms with Crippen LogP contribution in [0.4, 0.5) is 0 Å². The first-order valence-electron chi connectivity index (χ1n) is 6.98. The van der Waals surface area contributed by atoms with Gasteiger partial charge in [0.05, 0.1) is 0 Å². The lowest BCUT2D eigenvalue weighted by Crippen LogP contribution is -2.36. The summed E-state index contributed by atoms with van der Waals surface area (Å²) in [6, 6.07) is 9.21. The smallest absolute Gasteiger partial charge is 0.229 e. The van der Waals surface area contributed by atoms with Crippen LogP contribution in [0.1, 0.15) is 30.9 Å². The molecule has 3 N–H and O–H groups in total. The van der Waals surface area contributed by atoms with Gasteiger partial charge in [0.2, 0.25) is 17.7 Å². The molecule has 22 heavy (non-hydrogen) atoms. The molecule has 0 aliphatic carbocycles. The highest BCUT2D eigenvalue weighted by atomic mass is 35.5. The number of hydrogen-bond donors (Lipinski definition) is 2. The molecule has 1 saturated heterocycles. The van der Waals surface area contributed by atoms with E-state index in [1.165, 1.54) is 0 Å². The first-order chi connectivity index (χ1) is 10.1. The van der Waals surface area contributed by atoms with Crippen molar-refractivity contribution in [1.29, 1.82) is 0 Å². The van der Waals surface area contributed by atoms with E-state index >= 15 is 0 Å². The lowest BCUT2D eigenvalue weighted by molar-refractivity contribution is -0.138. The number of nitrogens with one attached hydrogen (secondary N) is 1. The Morgan fingerprint density at radius 3 is 2.36 bits per heavy atom. The maximum Gasteiger partial charge on any atom is 0.229 e. The largest absolute Gasteiger partial charge is 0.354 e. The number of benzene rings is 1. The molecule has 1 aliphatic heterocycles. The molecule has 1 unspecified atom stereocenters. The normalized spacial score (nSPS) is 15.4. The molecule has 1 atom stereocenters. The van der Waals surface area contributed by atoms with Crippen LogP contribution in [0.15, 0.2) is 30.3 Å². The summed E-state index contributed by atoms with van der Waals surface area (Å²) in [6.07, 6.45) is 0.609. The lowest BCUT2D eigenvalue weighted by atomic mass is 10.1. The predicted molar refractivity (Wildman–Crippen MR) is 84.2 cm³/mol. The van der Waals surface area contributed by atoms with E-state index in [4.69, 9.17) is 5.73 Å². The van der Waals surface area contributed by atoms with Crippen molar-refractivity contribution in [3.63, 3.8) is 0 Å². The summed E-state index contributed by atoms with van der Waals surface area (Å²) in [5.74, 6) is -0.614. The molecular weight excluding hydrogens is 306 g/mol. The lowest BCUT2D eigenvalue weighted by Gasteiger charge is -2.15. The topological polar surface area (TPSA) is 92.5 Å². The fourth-order valence-electron chi connectivity index (χ4n) is 2.22. The molecule has 1 fully saturated rings. The number of halogens is 1. The van der Waals surface area contributed by atoms with Crippen LogP contribution < -0.4 is 11.1 Å². The average Bonchev–Trinajstić information content (AvgIpc) is 2.82. The van der Waals surface area contributed by atoms with Gasteiger partial charge in [0.1, 0.15) is 0 Å². The first kappa shape index (κ1) is 18.1. The van der Waals surface area contributed by atoms with Crippen LogP contribution in [0.3, 0.4) is 0 Å². The quantitative estimate of drug-likeness (QED) is 0.755. The van der Waals surface area contributed by atoms with E-state index in [2.05, 4.69) is 5.32 Å². The van der Waals surface area contributed by atoms with Gasteiger partial charge in [-0.2, -0.15) is 0 Å². The van der Waals surface area contributed by atoms with Crippen LogP contribution in [-0.2, 0) is 14.4 Å². The van der Waals surface area contributed by atoms with Gasteiger partial charge in [-0.3, -0.25) is 19.3 Å². The molecule has 7 heteroatoms. The average molecular weight is 326 g/mol. The van der Waals surface area contributed by atoms with Crippen LogP contribution in [-0.4, -0.2) is 35.7 Å². The highest BCUT2D eigenvalue weighted by Crippen LogP contribution is 2.12. The Morgan fingerprint density at radius 1 is 1.18 bits per heavy atom. The highest BCUT2D eigenvalue weighted by molar-refractivity contribution is 6.02. The molecule has 0 spiro atoms. The number of amides is 3. The summed E-state index contributed by atoms with van der Waals surface area (Å²) in [6.45, 7) is 0.467. The zero-order chi connectivity index (χ0) is 15.2. The van der Waals surface area contributed by atoms with Gasteiger partial charge in [-0.05, 0) is 5.56 Å². The Kier molecular flexibility index (Phi) is 7.01. The van der Waals surface area contributed by atoms with Crippen molar-refractivity contribution in [2.45, 2.75) is 25.3 Å². The zero-order valence-electron chi connectivity index (χ0n) is 12.2. The number of imide groups is 1. The van der Waals surface area contributed by atoms with E-state index in [-0.39, 0.29) is 62.0 Å². The van der Waals surface area contributed by atoms with Gasteiger partial charge >= 0.3 is 0 Å². The standard InChI is InChI=1S/C15H19N3O3.ClH/c16-12(11-4-2-1-3-5-11)10-17-13(19)8-9-18-14(20)6-7-15(18)21;/h1-5,12H,6-10,16H2,(H,17,19);1H. The molecule has 3 amide bonds. The van der Waals surface area contributed by atoms with Crippen LogP contribution in [0.25, 0.3) is 0 Å². The molecule has 0 radical (unpaired) electrons. The predicted octanol–water partition coefficient (Wildman–Crippen LogP) is 0.763. The number of nitrogens with two attached hydrogens (primary N) is 1. The molecular formula is C15H20ClN3O3. The van der Waals surface area contributed by atoms with Gasteiger partial charge in [0, 0.05) is 38.4 Å². The van der Waals surface area contributed by atoms with Gasteiger partial charge in [-0.25, -0.2) is 0 Å². The zero-order valence-corrected chi connectivity index (χ0v) is 13.0. The van der Waals surface area contributed by atoms with Crippen molar-refractivity contribution in [3.8, 4) is 0 Å². The number of hydrogen-bond acceptors (Lipinski definition) is 4. The highest BCUT2D eigenvalue weighted by Gasteiger charge is 2.28. The summed E-state index contributed by atoms with van der Waals surface area (Å²) < 4.78 is 0. The van der Waals surface area contributed by atoms with Crippen molar-refractivity contribution in [2.24, 2.45) is 5.73 Å². The van der Waals surface area contributed by atoms with Crippen molar-refractivity contribution in [1.82, 2.24) is 10.2 Å². The minimum Gasteiger partial charge on any atom is -0.354 e. The number of carbonyl (C=O) groups is 3. The fourth-order valence-corrected chi connectivity index (χ4v) is 2.22. The molecule has 120 valence electrons. The van der Waals surface area contributed by atoms with E-state index in [1.807, 2.05) is 30.3 Å². The second-order valence-corrected chi connectivity index (χ2v) is 5.01. The Morgan fingerprint density at radius 2 is 1.77 bits per heavy atom. The van der Waals surface area contributed by atoms with Crippen molar-refractivity contribution in [3.05, 3.63) is 35.9 Å². The molecule has 0 bridgehead atoms. The minimum absolute atomic E-state index is 0. The molecule has 0 aromatic heterocycles. The Bertz CT molecular complexity index is 520. The molecule has 1 heterocycles. The van der Waals surface area contributed by atoms with Crippen molar-refractivity contribution in [2.75, 3.05) is 13.1 Å². The van der Waals surface area contributed by atoms with Crippen LogP contribution in [0.2, 0.25) is 0 Å². The van der Waals surface area contributed by atoms with Crippen molar-refractivity contribution >= 4 is 30.1 Å². The van der Waals surface area contributed by atoms with Crippen LogP contribution in [0.5, 0.6) is 0 Å². The third-order valence-electron chi connectivity index (χ3n) is 3.46. The van der Waals surface area contributed by atoms with Gasteiger partial charge in [-0.15, -0.1) is 12.4 Å². The van der Waals surface area contributed by atoms with Gasteiger partial charge in [-0.1, -0.05) is 30.3 Å². The Balaban J connectivity index is 0.00000242. The van der Waals surface area contributed by atoms with Crippen molar-refractivity contribution < 1.29 is 14.4 Å². The SMILES string of the molecule is Cl.NC(CNC(=O)CCN1C(=O)CCC1=O)c1ccccc1. The van der Waals surface area contributed by atoms with Gasteiger partial charge < -0.3 is 11.1 Å². The molecule has 6 nitrogen and oxygen atoms in total. The maximum absolute atomic E-state index is 11.7. The fraction of sp³-hybridized carbons (Fsp3) is 0.400. The third kappa shape index (κ3) is 4.82. The van der Waals surface area contributed by atoms with Gasteiger partial charge in [0.25, 0.3) is 0 Å². The first-order valence-corrected chi connectivity index (χ1v) is 6.98. The second kappa shape index (κ2) is 8.51. The Hall–Kier alpha value is -1.92. The van der Waals surface area contributed by atoms with Gasteiger partial charge in [0.15, 0.2) is 0 Å². The number of likely N-dealkylation sites (tertiary alicyclic amines) is 1. The maximum atomic E-state index is 11.7. The Labute approximate surface area is 135 Å². The molecule has 0 saturated carbocycles. The summed E-state index contributed by atoms with van der Waals surface area (Å²) in [5, 5.41) is 2.72. The van der Waals surface area contributed by atoms with E-state index in [1.54, 1.807) is 0 Å².